The fraction of sp³-hybridized carbons (Fsp3) is 0.211. The molecular formula is C19H14ClN3O2S. The largest absolute Gasteiger partial charge is 0.268 e. The van der Waals surface area contributed by atoms with E-state index in [1.165, 1.54) is 16.2 Å². The Hall–Kier alpha value is -2.44. The summed E-state index contributed by atoms with van der Waals surface area (Å²) in [5.41, 5.74) is 2.61. The van der Waals surface area contributed by atoms with E-state index < -0.39 is 0 Å². The van der Waals surface area contributed by atoms with Crippen molar-refractivity contribution in [2.24, 2.45) is 0 Å². The van der Waals surface area contributed by atoms with Gasteiger partial charge in [0, 0.05) is 5.56 Å². The zero-order chi connectivity index (χ0) is 17.8. The molecule has 1 aliphatic heterocycles. The molecule has 0 saturated heterocycles. The zero-order valence-electron chi connectivity index (χ0n) is 13.7. The molecule has 5 nitrogen and oxygen atoms in total. The van der Waals surface area contributed by atoms with E-state index in [9.17, 15) is 9.59 Å². The zero-order valence-corrected chi connectivity index (χ0v) is 15.2. The summed E-state index contributed by atoms with van der Waals surface area (Å²) in [4.78, 5) is 27.9. The van der Waals surface area contributed by atoms with Crippen LogP contribution in [0.25, 0.3) is 10.6 Å². The van der Waals surface area contributed by atoms with Gasteiger partial charge in [0.05, 0.1) is 20.3 Å². The second-order valence-electron chi connectivity index (χ2n) is 6.56. The summed E-state index contributed by atoms with van der Waals surface area (Å²) in [6, 6.07) is 10.7. The summed E-state index contributed by atoms with van der Waals surface area (Å²) in [7, 11) is 0. The highest BCUT2D eigenvalue weighted by atomic mass is 35.5. The molecule has 130 valence electrons. The molecule has 0 bridgehead atoms. The number of thiophene rings is 1. The van der Waals surface area contributed by atoms with Crippen molar-refractivity contribution in [1.29, 1.82) is 0 Å². The number of rotatable bonds is 3. The summed E-state index contributed by atoms with van der Waals surface area (Å²) >= 11 is 7.54. The van der Waals surface area contributed by atoms with Gasteiger partial charge in [-0.2, -0.15) is 5.10 Å². The molecule has 3 aromatic rings. The molecule has 1 fully saturated rings. The Labute approximate surface area is 158 Å². The van der Waals surface area contributed by atoms with Crippen molar-refractivity contribution >= 4 is 40.6 Å². The summed E-state index contributed by atoms with van der Waals surface area (Å²) < 4.78 is 0.685. The van der Waals surface area contributed by atoms with Crippen molar-refractivity contribution in [1.82, 2.24) is 10.2 Å². The lowest BCUT2D eigenvalue weighted by atomic mass is 9.79. The number of hydrogen-bond donors (Lipinski definition) is 1. The Balaban J connectivity index is 1.65. The standard InChI is InChI=1S/C19H14ClN3O2S/c20-14-9-8-13(26-14)16-15(10-4-3-5-10)17(22-21-16)23-18(24)11-6-1-2-7-12(11)19(23)25/h1-2,6-10H,3-5H2,(H,21,22). The lowest BCUT2D eigenvalue weighted by Gasteiger charge is -2.27. The van der Waals surface area contributed by atoms with Gasteiger partial charge in [0.25, 0.3) is 11.8 Å². The highest BCUT2D eigenvalue weighted by Gasteiger charge is 2.41. The van der Waals surface area contributed by atoms with Crippen LogP contribution in [0.5, 0.6) is 0 Å². The molecule has 1 aromatic carbocycles. The van der Waals surface area contributed by atoms with Crippen LogP contribution in [0.4, 0.5) is 5.82 Å². The third-order valence-corrected chi connectivity index (χ3v) is 6.36. The topological polar surface area (TPSA) is 66.1 Å². The molecule has 0 spiro atoms. The van der Waals surface area contributed by atoms with Crippen LogP contribution in [0.3, 0.4) is 0 Å². The van der Waals surface area contributed by atoms with E-state index in [0.717, 1.165) is 35.4 Å². The SMILES string of the molecule is O=C1c2ccccc2C(=O)N1c1[nH]nc(-c2ccc(Cl)s2)c1C1CCC1. The average Bonchev–Trinajstić information content (AvgIpc) is 3.26. The maximum atomic E-state index is 12.9. The number of carbonyl (C=O) groups excluding carboxylic acids is 2. The lowest BCUT2D eigenvalue weighted by molar-refractivity contribution is 0.0924. The maximum absolute atomic E-state index is 12.9. The molecule has 0 unspecified atom stereocenters. The summed E-state index contributed by atoms with van der Waals surface area (Å²) in [5.74, 6) is 0.195. The van der Waals surface area contributed by atoms with Crippen molar-refractivity contribution in [2.75, 3.05) is 4.90 Å². The maximum Gasteiger partial charge on any atom is 0.267 e. The van der Waals surface area contributed by atoms with Gasteiger partial charge in [-0.05, 0) is 43.0 Å². The van der Waals surface area contributed by atoms with E-state index in [2.05, 4.69) is 10.2 Å². The van der Waals surface area contributed by atoms with Crippen LogP contribution in [0.1, 0.15) is 51.5 Å². The van der Waals surface area contributed by atoms with Gasteiger partial charge in [-0.1, -0.05) is 30.2 Å². The van der Waals surface area contributed by atoms with E-state index in [1.54, 1.807) is 24.3 Å². The first kappa shape index (κ1) is 15.8. The number of hydrogen-bond acceptors (Lipinski definition) is 4. The Kier molecular flexibility index (Phi) is 3.52. The fourth-order valence-electron chi connectivity index (χ4n) is 3.62. The molecule has 7 heteroatoms. The molecule has 26 heavy (non-hydrogen) atoms. The predicted octanol–water partition coefficient (Wildman–Crippen LogP) is 4.86. The number of nitrogens with one attached hydrogen (secondary N) is 1. The molecule has 2 aliphatic rings. The van der Waals surface area contributed by atoms with Crippen LogP contribution in [0, 0.1) is 0 Å². The monoisotopic (exact) mass is 383 g/mol. The van der Waals surface area contributed by atoms with Gasteiger partial charge in [0.1, 0.15) is 11.5 Å². The third-order valence-electron chi connectivity index (χ3n) is 5.12. The minimum atomic E-state index is -0.300. The summed E-state index contributed by atoms with van der Waals surface area (Å²) in [6.07, 6.45) is 3.20. The molecule has 1 aliphatic carbocycles. The minimum absolute atomic E-state index is 0.295. The summed E-state index contributed by atoms with van der Waals surface area (Å²) in [6.45, 7) is 0. The number of imide groups is 1. The number of fused-ring (bicyclic) bond motifs is 1. The van der Waals surface area contributed by atoms with Crippen LogP contribution in [-0.2, 0) is 0 Å². The molecule has 3 heterocycles. The van der Waals surface area contributed by atoms with Gasteiger partial charge < -0.3 is 0 Å². The normalized spacial score (nSPS) is 16.9. The summed E-state index contributed by atoms with van der Waals surface area (Å²) in [5, 5.41) is 7.43. The molecule has 1 N–H and O–H groups in total. The lowest BCUT2D eigenvalue weighted by Crippen LogP contribution is -2.31. The van der Waals surface area contributed by atoms with E-state index in [4.69, 9.17) is 11.6 Å². The smallest absolute Gasteiger partial charge is 0.267 e. The average molecular weight is 384 g/mol. The van der Waals surface area contributed by atoms with Gasteiger partial charge in [-0.15, -0.1) is 11.3 Å². The minimum Gasteiger partial charge on any atom is -0.268 e. The Morgan fingerprint density at radius 3 is 2.31 bits per heavy atom. The number of anilines is 1. The van der Waals surface area contributed by atoms with Gasteiger partial charge in [0.15, 0.2) is 0 Å². The van der Waals surface area contributed by atoms with E-state index in [0.29, 0.717) is 27.2 Å². The van der Waals surface area contributed by atoms with Crippen LogP contribution >= 0.6 is 22.9 Å². The van der Waals surface area contributed by atoms with Gasteiger partial charge in [0.2, 0.25) is 0 Å². The second-order valence-corrected chi connectivity index (χ2v) is 8.27. The molecule has 5 rings (SSSR count). The first-order valence-electron chi connectivity index (χ1n) is 8.47. The Morgan fingerprint density at radius 1 is 1.08 bits per heavy atom. The first-order valence-corrected chi connectivity index (χ1v) is 9.66. The predicted molar refractivity (Wildman–Crippen MR) is 101 cm³/mol. The number of H-pyrrole nitrogens is 1. The quantitative estimate of drug-likeness (QED) is 0.657. The highest BCUT2D eigenvalue weighted by molar-refractivity contribution is 7.19. The van der Waals surface area contributed by atoms with E-state index in [-0.39, 0.29) is 11.8 Å². The number of amides is 2. The number of carbonyl (C=O) groups is 2. The molecule has 0 radical (unpaired) electrons. The number of benzene rings is 1. The van der Waals surface area contributed by atoms with Crippen LogP contribution in [0.2, 0.25) is 4.34 Å². The Morgan fingerprint density at radius 2 is 1.77 bits per heavy atom. The Bertz CT molecular complexity index is 1020. The first-order chi connectivity index (χ1) is 12.6. The van der Waals surface area contributed by atoms with Crippen molar-refractivity contribution in [2.45, 2.75) is 25.2 Å². The third kappa shape index (κ3) is 2.19. The van der Waals surface area contributed by atoms with Crippen LogP contribution in [-0.4, -0.2) is 22.0 Å². The molecule has 1 saturated carbocycles. The fourth-order valence-corrected chi connectivity index (χ4v) is 4.66. The highest BCUT2D eigenvalue weighted by Crippen LogP contribution is 2.47. The second kappa shape index (κ2) is 5.79. The molecular weight excluding hydrogens is 370 g/mol. The van der Waals surface area contributed by atoms with Gasteiger partial charge in [-0.25, -0.2) is 4.90 Å². The molecule has 2 aromatic heterocycles. The number of aromatic amines is 1. The number of halogens is 1. The van der Waals surface area contributed by atoms with E-state index >= 15 is 0 Å². The molecule has 2 amide bonds. The van der Waals surface area contributed by atoms with Gasteiger partial charge in [-0.3, -0.25) is 14.7 Å². The van der Waals surface area contributed by atoms with E-state index in [1.807, 2.05) is 12.1 Å². The van der Waals surface area contributed by atoms with Crippen LogP contribution in [0.15, 0.2) is 36.4 Å². The molecule has 0 atom stereocenters. The van der Waals surface area contributed by atoms with Crippen LogP contribution < -0.4 is 4.90 Å². The van der Waals surface area contributed by atoms with Crippen molar-refractivity contribution in [3.63, 3.8) is 0 Å². The van der Waals surface area contributed by atoms with Gasteiger partial charge >= 0.3 is 0 Å². The van der Waals surface area contributed by atoms with Crippen molar-refractivity contribution < 1.29 is 9.59 Å². The van der Waals surface area contributed by atoms with Crippen molar-refractivity contribution in [3.05, 3.63) is 57.4 Å². The number of aromatic nitrogens is 2. The van der Waals surface area contributed by atoms with Crippen molar-refractivity contribution in [3.8, 4) is 10.6 Å². The number of nitrogens with zero attached hydrogens (tertiary/aromatic N) is 2.